The minimum atomic E-state index is -0.189. The predicted octanol–water partition coefficient (Wildman–Crippen LogP) is 6.76. The van der Waals surface area contributed by atoms with Gasteiger partial charge in [0.15, 0.2) is 0 Å². The molecular formula is C30H28FNO. The van der Waals surface area contributed by atoms with E-state index in [9.17, 15) is 9.18 Å². The summed E-state index contributed by atoms with van der Waals surface area (Å²) in [5, 5.41) is 0. The fourth-order valence-electron chi connectivity index (χ4n) is 6.17. The molecule has 2 nitrogen and oxygen atoms in total. The Morgan fingerprint density at radius 3 is 2.55 bits per heavy atom. The smallest absolute Gasteiger partial charge is 0.223 e. The Balaban J connectivity index is 1.20. The number of benzene rings is 3. The molecule has 2 aliphatic heterocycles. The summed E-state index contributed by atoms with van der Waals surface area (Å²) in [7, 11) is 0. The van der Waals surface area contributed by atoms with Crippen molar-refractivity contribution >= 4 is 11.5 Å². The SMILES string of the molecule is O=C(CC1CCc2ccccc21)N1C2C=C(c3ccc(-c4ccccc4)c(F)c3)CC1CC2. The molecule has 3 atom stereocenters. The maximum atomic E-state index is 15.0. The Hall–Kier alpha value is -3.20. The second-order valence-electron chi connectivity index (χ2n) is 9.69. The monoisotopic (exact) mass is 437 g/mol. The van der Waals surface area contributed by atoms with Gasteiger partial charge in [0.2, 0.25) is 5.91 Å². The molecule has 1 saturated heterocycles. The standard InChI is InChI=1S/C30H28FNO/c31-29-18-22(12-15-28(29)20-6-2-1-3-7-20)24-16-25-13-14-26(17-24)32(25)30(33)19-23-11-10-21-8-4-5-9-27(21)23/h1-9,12,15-16,18,23,25-26H,10-11,13-14,17,19H2. The largest absolute Gasteiger partial charge is 0.333 e. The third kappa shape index (κ3) is 3.70. The number of hydrogen-bond acceptors (Lipinski definition) is 1. The Labute approximate surface area is 194 Å². The molecule has 3 heteroatoms. The molecule has 3 aromatic carbocycles. The topological polar surface area (TPSA) is 20.3 Å². The molecular weight excluding hydrogens is 409 g/mol. The molecule has 0 saturated carbocycles. The number of nitrogens with zero attached hydrogens (tertiary/aromatic N) is 1. The second-order valence-corrected chi connectivity index (χ2v) is 9.69. The zero-order valence-corrected chi connectivity index (χ0v) is 18.7. The molecule has 166 valence electrons. The lowest BCUT2D eigenvalue weighted by Crippen LogP contribution is -2.43. The van der Waals surface area contributed by atoms with E-state index in [0.29, 0.717) is 17.9 Å². The zero-order chi connectivity index (χ0) is 22.4. The van der Waals surface area contributed by atoms with Crippen molar-refractivity contribution in [1.29, 1.82) is 0 Å². The molecule has 3 aromatic rings. The molecule has 2 heterocycles. The summed E-state index contributed by atoms with van der Waals surface area (Å²) in [6.07, 6.45) is 7.83. The number of carbonyl (C=O) groups excluding carboxylic acids is 1. The maximum Gasteiger partial charge on any atom is 0.223 e. The van der Waals surface area contributed by atoms with E-state index in [2.05, 4.69) is 35.2 Å². The van der Waals surface area contributed by atoms with Gasteiger partial charge in [0, 0.05) is 18.0 Å². The summed E-state index contributed by atoms with van der Waals surface area (Å²) in [6, 6.07) is 24.2. The Morgan fingerprint density at radius 2 is 1.73 bits per heavy atom. The lowest BCUT2D eigenvalue weighted by atomic mass is 9.91. The van der Waals surface area contributed by atoms with Crippen LogP contribution in [0.1, 0.15) is 54.7 Å². The van der Waals surface area contributed by atoms with Crippen LogP contribution in [0.3, 0.4) is 0 Å². The Morgan fingerprint density at radius 1 is 0.909 bits per heavy atom. The van der Waals surface area contributed by atoms with Crippen LogP contribution in [0.2, 0.25) is 0 Å². The van der Waals surface area contributed by atoms with Crippen LogP contribution in [0.15, 0.2) is 78.9 Å². The summed E-state index contributed by atoms with van der Waals surface area (Å²) < 4.78 is 15.0. The van der Waals surface area contributed by atoms with Crippen molar-refractivity contribution in [3.8, 4) is 11.1 Å². The van der Waals surface area contributed by atoms with E-state index in [-0.39, 0.29) is 23.8 Å². The molecule has 2 bridgehead atoms. The molecule has 33 heavy (non-hydrogen) atoms. The Kier molecular flexibility index (Phi) is 5.13. The number of aryl methyl sites for hydroxylation is 1. The first-order chi connectivity index (χ1) is 16.2. The van der Waals surface area contributed by atoms with Gasteiger partial charge in [-0.2, -0.15) is 0 Å². The van der Waals surface area contributed by atoms with Crippen LogP contribution >= 0.6 is 0 Å². The van der Waals surface area contributed by atoms with Crippen molar-refractivity contribution in [3.05, 3.63) is 101 Å². The maximum absolute atomic E-state index is 15.0. The predicted molar refractivity (Wildman–Crippen MR) is 130 cm³/mol. The van der Waals surface area contributed by atoms with Crippen LogP contribution in [0.5, 0.6) is 0 Å². The minimum Gasteiger partial charge on any atom is -0.333 e. The normalized spacial score (nSPS) is 23.4. The third-order valence-electron chi connectivity index (χ3n) is 7.79. The van der Waals surface area contributed by atoms with Gasteiger partial charge in [0.05, 0.1) is 6.04 Å². The highest BCUT2D eigenvalue weighted by Gasteiger charge is 2.40. The van der Waals surface area contributed by atoms with Crippen LogP contribution in [-0.4, -0.2) is 22.9 Å². The van der Waals surface area contributed by atoms with Crippen molar-refractivity contribution in [2.75, 3.05) is 0 Å². The van der Waals surface area contributed by atoms with Crippen molar-refractivity contribution in [1.82, 2.24) is 4.90 Å². The van der Waals surface area contributed by atoms with Gasteiger partial charge < -0.3 is 4.90 Å². The van der Waals surface area contributed by atoms with Crippen LogP contribution < -0.4 is 0 Å². The number of fused-ring (bicyclic) bond motifs is 3. The van der Waals surface area contributed by atoms with Gasteiger partial charge >= 0.3 is 0 Å². The molecule has 3 unspecified atom stereocenters. The van der Waals surface area contributed by atoms with Crippen LogP contribution in [0.25, 0.3) is 16.7 Å². The van der Waals surface area contributed by atoms with E-state index < -0.39 is 0 Å². The molecule has 0 N–H and O–H groups in total. The van der Waals surface area contributed by atoms with Gasteiger partial charge in [0.1, 0.15) is 5.82 Å². The quantitative estimate of drug-likeness (QED) is 0.442. The molecule has 1 fully saturated rings. The van der Waals surface area contributed by atoms with Crippen molar-refractivity contribution < 1.29 is 9.18 Å². The molecule has 3 aliphatic rings. The van der Waals surface area contributed by atoms with E-state index in [4.69, 9.17) is 0 Å². The van der Waals surface area contributed by atoms with Gasteiger partial charge in [-0.25, -0.2) is 4.39 Å². The van der Waals surface area contributed by atoms with Gasteiger partial charge in [0.25, 0.3) is 0 Å². The van der Waals surface area contributed by atoms with Crippen molar-refractivity contribution in [2.24, 2.45) is 0 Å². The Bertz CT molecular complexity index is 1230. The summed E-state index contributed by atoms with van der Waals surface area (Å²) in [5.41, 5.74) is 6.41. The minimum absolute atomic E-state index is 0.139. The molecule has 0 aromatic heterocycles. The number of halogens is 1. The van der Waals surface area contributed by atoms with E-state index in [1.54, 1.807) is 6.07 Å². The molecule has 1 amide bonds. The van der Waals surface area contributed by atoms with E-state index in [1.165, 1.54) is 16.7 Å². The number of amides is 1. The highest BCUT2D eigenvalue weighted by atomic mass is 19.1. The van der Waals surface area contributed by atoms with Crippen molar-refractivity contribution in [2.45, 2.75) is 56.5 Å². The number of rotatable bonds is 4. The summed E-state index contributed by atoms with van der Waals surface area (Å²) in [6.45, 7) is 0. The van der Waals surface area contributed by atoms with Gasteiger partial charge in [-0.1, -0.05) is 72.8 Å². The highest BCUT2D eigenvalue weighted by molar-refractivity contribution is 5.81. The summed E-state index contributed by atoms with van der Waals surface area (Å²) in [4.78, 5) is 15.5. The molecule has 6 rings (SSSR count). The fraction of sp³-hybridized carbons (Fsp3) is 0.300. The van der Waals surface area contributed by atoms with E-state index in [1.807, 2.05) is 42.5 Å². The second kappa shape index (κ2) is 8.30. The molecule has 1 aliphatic carbocycles. The van der Waals surface area contributed by atoms with Crippen molar-refractivity contribution in [3.63, 3.8) is 0 Å². The first-order valence-corrected chi connectivity index (χ1v) is 12.1. The van der Waals surface area contributed by atoms with Gasteiger partial charge in [-0.05, 0) is 71.9 Å². The number of carbonyl (C=O) groups is 1. The van der Waals surface area contributed by atoms with E-state index in [0.717, 1.165) is 43.2 Å². The fourth-order valence-corrected chi connectivity index (χ4v) is 6.17. The first-order valence-electron chi connectivity index (χ1n) is 12.1. The first kappa shape index (κ1) is 20.4. The average Bonchev–Trinajstić information content (AvgIpc) is 3.37. The van der Waals surface area contributed by atoms with Gasteiger partial charge in [-0.15, -0.1) is 0 Å². The number of hydrogen-bond donors (Lipinski definition) is 0. The zero-order valence-electron chi connectivity index (χ0n) is 18.7. The highest BCUT2D eigenvalue weighted by Crippen LogP contribution is 2.42. The summed E-state index contributed by atoms with van der Waals surface area (Å²) in [5.74, 6) is 0.438. The molecule has 0 spiro atoms. The van der Waals surface area contributed by atoms with Crippen LogP contribution in [0.4, 0.5) is 4.39 Å². The summed E-state index contributed by atoms with van der Waals surface area (Å²) >= 11 is 0. The van der Waals surface area contributed by atoms with Crippen LogP contribution in [-0.2, 0) is 11.2 Å². The van der Waals surface area contributed by atoms with Gasteiger partial charge in [-0.3, -0.25) is 4.79 Å². The van der Waals surface area contributed by atoms with E-state index >= 15 is 0 Å². The average molecular weight is 438 g/mol. The van der Waals surface area contributed by atoms with Crippen LogP contribution in [0, 0.1) is 5.82 Å². The molecule has 0 radical (unpaired) electrons. The lowest BCUT2D eigenvalue weighted by molar-refractivity contribution is -0.133. The third-order valence-corrected chi connectivity index (χ3v) is 7.79. The lowest BCUT2D eigenvalue weighted by Gasteiger charge is -2.35.